The Bertz CT molecular complexity index is 551. The van der Waals surface area contributed by atoms with Gasteiger partial charge >= 0.3 is 0 Å². The van der Waals surface area contributed by atoms with Crippen LogP contribution in [0, 0.1) is 17.0 Å². The van der Waals surface area contributed by atoms with Crippen LogP contribution in [0.4, 0.5) is 5.69 Å². The summed E-state index contributed by atoms with van der Waals surface area (Å²) in [5.41, 5.74) is 1.34. The standard InChI is InChI=1S/C10H8ClN3O2/c1-7-10(11)13(6-12-7)8-3-2-4-9(5-8)14(15)16/h2-6H,1H3. The van der Waals surface area contributed by atoms with Crippen LogP contribution in [0.2, 0.25) is 5.15 Å². The van der Waals surface area contributed by atoms with Gasteiger partial charge in [0.15, 0.2) is 0 Å². The van der Waals surface area contributed by atoms with E-state index in [-0.39, 0.29) is 5.69 Å². The second kappa shape index (κ2) is 3.94. The van der Waals surface area contributed by atoms with Crippen molar-refractivity contribution in [3.05, 3.63) is 51.6 Å². The van der Waals surface area contributed by atoms with Crippen LogP contribution in [0.25, 0.3) is 5.69 Å². The fourth-order valence-electron chi connectivity index (χ4n) is 1.36. The average molecular weight is 238 g/mol. The summed E-state index contributed by atoms with van der Waals surface area (Å²) in [6, 6.07) is 6.23. The topological polar surface area (TPSA) is 61.0 Å². The lowest BCUT2D eigenvalue weighted by molar-refractivity contribution is -0.384. The average Bonchev–Trinajstić information content (AvgIpc) is 2.60. The van der Waals surface area contributed by atoms with Gasteiger partial charge < -0.3 is 0 Å². The molecular weight excluding hydrogens is 230 g/mol. The van der Waals surface area contributed by atoms with Gasteiger partial charge in [-0.25, -0.2) is 4.98 Å². The second-order valence-electron chi connectivity index (χ2n) is 3.27. The molecule has 1 aromatic heterocycles. The fourth-order valence-corrected chi connectivity index (χ4v) is 1.55. The number of hydrogen-bond donors (Lipinski definition) is 0. The summed E-state index contributed by atoms with van der Waals surface area (Å²) in [5.74, 6) is 0. The summed E-state index contributed by atoms with van der Waals surface area (Å²) in [6.07, 6.45) is 1.54. The third-order valence-corrected chi connectivity index (χ3v) is 2.65. The molecule has 6 heteroatoms. The van der Waals surface area contributed by atoms with Crippen LogP contribution >= 0.6 is 11.6 Å². The Labute approximate surface area is 96.4 Å². The van der Waals surface area contributed by atoms with Crippen molar-refractivity contribution in [2.45, 2.75) is 6.92 Å². The number of aromatic nitrogens is 2. The summed E-state index contributed by atoms with van der Waals surface area (Å²) in [5, 5.41) is 11.1. The zero-order valence-electron chi connectivity index (χ0n) is 8.42. The number of nitro benzene ring substituents is 1. The number of imidazole rings is 1. The number of halogens is 1. The molecule has 0 saturated carbocycles. The van der Waals surface area contributed by atoms with Crippen molar-refractivity contribution >= 4 is 17.3 Å². The quantitative estimate of drug-likeness (QED) is 0.596. The van der Waals surface area contributed by atoms with Crippen LogP contribution in [-0.4, -0.2) is 14.5 Å². The summed E-state index contributed by atoms with van der Waals surface area (Å²) in [7, 11) is 0. The SMILES string of the molecule is Cc1ncn(-c2cccc([N+](=O)[O-])c2)c1Cl. The minimum Gasteiger partial charge on any atom is -0.289 e. The van der Waals surface area contributed by atoms with Crippen molar-refractivity contribution < 1.29 is 4.92 Å². The maximum absolute atomic E-state index is 10.6. The number of benzene rings is 1. The molecule has 0 spiro atoms. The number of hydrogen-bond acceptors (Lipinski definition) is 3. The number of rotatable bonds is 2. The van der Waals surface area contributed by atoms with E-state index in [2.05, 4.69) is 4.98 Å². The molecule has 1 aromatic carbocycles. The number of nitro groups is 1. The Morgan fingerprint density at radius 1 is 1.50 bits per heavy atom. The van der Waals surface area contributed by atoms with Gasteiger partial charge in [0.05, 0.1) is 16.3 Å². The summed E-state index contributed by atoms with van der Waals surface area (Å²) < 4.78 is 1.60. The highest BCUT2D eigenvalue weighted by molar-refractivity contribution is 6.30. The third kappa shape index (κ3) is 1.77. The van der Waals surface area contributed by atoms with Crippen molar-refractivity contribution in [2.24, 2.45) is 0 Å². The molecule has 0 saturated heterocycles. The normalized spacial score (nSPS) is 10.4. The van der Waals surface area contributed by atoms with Gasteiger partial charge in [-0.3, -0.25) is 14.7 Å². The zero-order valence-corrected chi connectivity index (χ0v) is 9.18. The minimum atomic E-state index is -0.443. The van der Waals surface area contributed by atoms with Crippen LogP contribution in [0.1, 0.15) is 5.69 Å². The summed E-state index contributed by atoms with van der Waals surface area (Å²) in [4.78, 5) is 14.2. The van der Waals surface area contributed by atoms with E-state index in [1.54, 1.807) is 23.6 Å². The van der Waals surface area contributed by atoms with Gasteiger partial charge in [0.2, 0.25) is 0 Å². The maximum atomic E-state index is 10.6. The first-order valence-electron chi connectivity index (χ1n) is 4.54. The highest BCUT2D eigenvalue weighted by atomic mass is 35.5. The Morgan fingerprint density at radius 2 is 2.25 bits per heavy atom. The Balaban J connectivity index is 2.52. The molecule has 0 amide bonds. The first-order chi connectivity index (χ1) is 7.59. The predicted octanol–water partition coefficient (Wildman–Crippen LogP) is 2.74. The zero-order chi connectivity index (χ0) is 11.7. The Morgan fingerprint density at radius 3 is 2.81 bits per heavy atom. The molecule has 16 heavy (non-hydrogen) atoms. The summed E-state index contributed by atoms with van der Waals surface area (Å²) >= 11 is 6.01. The van der Waals surface area contributed by atoms with E-state index in [0.29, 0.717) is 16.5 Å². The molecule has 0 aliphatic carbocycles. The second-order valence-corrected chi connectivity index (χ2v) is 3.63. The first kappa shape index (κ1) is 10.6. The van der Waals surface area contributed by atoms with E-state index >= 15 is 0 Å². The van der Waals surface area contributed by atoms with Crippen LogP contribution in [-0.2, 0) is 0 Å². The lowest BCUT2D eigenvalue weighted by Crippen LogP contribution is -1.94. The van der Waals surface area contributed by atoms with Crippen molar-refractivity contribution in [1.82, 2.24) is 9.55 Å². The van der Waals surface area contributed by atoms with Crippen LogP contribution in [0.15, 0.2) is 30.6 Å². The van der Waals surface area contributed by atoms with E-state index in [0.717, 1.165) is 0 Å². The molecule has 0 bridgehead atoms. The highest BCUT2D eigenvalue weighted by Crippen LogP contribution is 2.22. The van der Waals surface area contributed by atoms with Crippen molar-refractivity contribution in [3.63, 3.8) is 0 Å². The van der Waals surface area contributed by atoms with Crippen molar-refractivity contribution in [2.75, 3.05) is 0 Å². The lowest BCUT2D eigenvalue weighted by Gasteiger charge is -2.03. The van der Waals surface area contributed by atoms with Crippen LogP contribution < -0.4 is 0 Å². The maximum Gasteiger partial charge on any atom is 0.271 e. The Kier molecular flexibility index (Phi) is 2.62. The molecule has 5 nitrogen and oxygen atoms in total. The van der Waals surface area contributed by atoms with Crippen molar-refractivity contribution in [1.29, 1.82) is 0 Å². The minimum absolute atomic E-state index is 0.0277. The van der Waals surface area contributed by atoms with Gasteiger partial charge in [-0.15, -0.1) is 0 Å². The molecule has 0 N–H and O–H groups in total. The molecular formula is C10H8ClN3O2. The first-order valence-corrected chi connectivity index (χ1v) is 4.91. The van der Waals surface area contributed by atoms with Gasteiger partial charge in [0.1, 0.15) is 11.5 Å². The highest BCUT2D eigenvalue weighted by Gasteiger charge is 2.10. The Hall–Kier alpha value is -1.88. The van der Waals surface area contributed by atoms with Crippen molar-refractivity contribution in [3.8, 4) is 5.69 Å². The molecule has 1 heterocycles. The van der Waals surface area contributed by atoms with Gasteiger partial charge in [-0.1, -0.05) is 17.7 Å². The number of nitrogens with zero attached hydrogens (tertiary/aromatic N) is 3. The largest absolute Gasteiger partial charge is 0.289 e. The third-order valence-electron chi connectivity index (χ3n) is 2.20. The molecule has 0 aliphatic rings. The monoisotopic (exact) mass is 237 g/mol. The molecule has 0 aliphatic heterocycles. The molecule has 0 unspecified atom stereocenters. The smallest absolute Gasteiger partial charge is 0.271 e. The van der Waals surface area contributed by atoms with E-state index in [1.807, 2.05) is 0 Å². The van der Waals surface area contributed by atoms with Gasteiger partial charge in [-0.2, -0.15) is 0 Å². The van der Waals surface area contributed by atoms with Crippen LogP contribution in [0.5, 0.6) is 0 Å². The summed E-state index contributed by atoms with van der Waals surface area (Å²) in [6.45, 7) is 1.77. The number of aryl methyl sites for hydroxylation is 1. The molecule has 0 radical (unpaired) electrons. The van der Waals surface area contributed by atoms with Gasteiger partial charge in [0, 0.05) is 12.1 Å². The predicted molar refractivity (Wildman–Crippen MR) is 60.0 cm³/mol. The van der Waals surface area contributed by atoms with E-state index in [1.165, 1.54) is 18.5 Å². The van der Waals surface area contributed by atoms with E-state index < -0.39 is 4.92 Å². The van der Waals surface area contributed by atoms with E-state index in [4.69, 9.17) is 11.6 Å². The molecule has 0 atom stereocenters. The van der Waals surface area contributed by atoms with Crippen LogP contribution in [0.3, 0.4) is 0 Å². The van der Waals surface area contributed by atoms with Gasteiger partial charge in [-0.05, 0) is 13.0 Å². The molecule has 2 rings (SSSR count). The lowest BCUT2D eigenvalue weighted by atomic mass is 10.3. The fraction of sp³-hybridized carbons (Fsp3) is 0.100. The number of non-ortho nitro benzene ring substituents is 1. The molecule has 82 valence electrons. The molecule has 2 aromatic rings. The molecule has 0 fully saturated rings. The van der Waals surface area contributed by atoms with Gasteiger partial charge in [0.25, 0.3) is 5.69 Å². The van der Waals surface area contributed by atoms with E-state index in [9.17, 15) is 10.1 Å².